The summed E-state index contributed by atoms with van der Waals surface area (Å²) in [5.74, 6) is -0.516. The summed E-state index contributed by atoms with van der Waals surface area (Å²) in [5, 5.41) is 9.26. The van der Waals surface area contributed by atoms with Crippen molar-refractivity contribution in [1.82, 2.24) is 20.4 Å². The number of hydrogen-bond acceptors (Lipinski definition) is 6. The zero-order valence-electron chi connectivity index (χ0n) is 19.0. The van der Waals surface area contributed by atoms with E-state index in [1.807, 2.05) is 52.0 Å². The molecule has 1 aliphatic carbocycles. The number of hydrogen-bond donors (Lipinski definition) is 2. The van der Waals surface area contributed by atoms with Crippen molar-refractivity contribution in [3.63, 3.8) is 0 Å². The van der Waals surface area contributed by atoms with Crippen molar-refractivity contribution in [2.24, 2.45) is 5.92 Å². The highest BCUT2D eigenvalue weighted by Crippen LogP contribution is 2.34. The summed E-state index contributed by atoms with van der Waals surface area (Å²) in [6.07, 6.45) is 0.822. The Bertz CT molecular complexity index is 1200. The monoisotopic (exact) mass is 451 g/mol. The molecule has 33 heavy (non-hydrogen) atoms. The van der Waals surface area contributed by atoms with Crippen LogP contribution < -0.4 is 10.6 Å². The van der Waals surface area contributed by atoms with Crippen LogP contribution in [0.2, 0.25) is 0 Å². The van der Waals surface area contributed by atoms with Crippen LogP contribution in [0.1, 0.15) is 54.8 Å². The van der Waals surface area contributed by atoms with Gasteiger partial charge in [0.1, 0.15) is 12.0 Å². The van der Waals surface area contributed by atoms with Crippen LogP contribution in [0.25, 0.3) is 11.1 Å². The maximum atomic E-state index is 13.1. The Morgan fingerprint density at radius 2 is 1.91 bits per heavy atom. The summed E-state index contributed by atoms with van der Waals surface area (Å²) in [6, 6.07) is 9.45. The predicted octanol–water partition coefficient (Wildman–Crippen LogP) is 3.96. The first kappa shape index (κ1) is 22.6. The third kappa shape index (κ3) is 5.24. The average molecular weight is 452 g/mol. The number of aryl methyl sites for hydroxylation is 1. The van der Waals surface area contributed by atoms with Gasteiger partial charge in [-0.15, -0.1) is 0 Å². The van der Waals surface area contributed by atoms with Gasteiger partial charge in [-0.3, -0.25) is 9.59 Å². The Morgan fingerprint density at radius 3 is 2.55 bits per heavy atom. The molecule has 0 bridgehead atoms. The van der Waals surface area contributed by atoms with Gasteiger partial charge in [-0.2, -0.15) is 4.98 Å². The van der Waals surface area contributed by atoms with Crippen LogP contribution in [0.5, 0.6) is 0 Å². The quantitative estimate of drug-likeness (QED) is 0.587. The van der Waals surface area contributed by atoms with Crippen molar-refractivity contribution in [3.05, 3.63) is 59.4 Å². The van der Waals surface area contributed by atoms with Crippen LogP contribution in [0.4, 0.5) is 10.2 Å². The van der Waals surface area contributed by atoms with Crippen molar-refractivity contribution < 1.29 is 18.5 Å². The Kier molecular flexibility index (Phi) is 5.97. The second-order valence-electron chi connectivity index (χ2n) is 9.27. The molecule has 0 aliphatic heterocycles. The molecule has 2 N–H and O–H groups in total. The largest absolute Gasteiger partial charge is 0.345 e. The van der Waals surface area contributed by atoms with Gasteiger partial charge in [0, 0.05) is 18.2 Å². The Balaban J connectivity index is 1.41. The molecule has 0 radical (unpaired) electrons. The number of rotatable bonds is 6. The minimum atomic E-state index is -1.05. The summed E-state index contributed by atoms with van der Waals surface area (Å²) in [7, 11) is 0. The molecule has 0 saturated heterocycles. The van der Waals surface area contributed by atoms with E-state index in [0.717, 1.165) is 22.3 Å². The van der Waals surface area contributed by atoms with Gasteiger partial charge in [0.2, 0.25) is 11.8 Å². The number of benzene rings is 1. The number of nitrogens with zero attached hydrogens (tertiary/aromatic N) is 3. The van der Waals surface area contributed by atoms with E-state index in [4.69, 9.17) is 4.52 Å². The number of amides is 2. The highest BCUT2D eigenvalue weighted by molar-refractivity contribution is 5.94. The topological polar surface area (TPSA) is 110 Å². The van der Waals surface area contributed by atoms with E-state index < -0.39 is 18.0 Å². The second kappa shape index (κ2) is 8.73. The van der Waals surface area contributed by atoms with Crippen molar-refractivity contribution in [3.8, 4) is 11.1 Å². The lowest BCUT2D eigenvalue weighted by molar-refractivity contribution is -0.117. The molecule has 0 spiro atoms. The normalized spacial score (nSPS) is 17.5. The molecule has 1 aromatic carbocycles. The first-order valence-electron chi connectivity index (χ1n) is 10.7. The lowest BCUT2D eigenvalue weighted by Crippen LogP contribution is -2.24. The van der Waals surface area contributed by atoms with Crippen molar-refractivity contribution in [2.75, 3.05) is 5.32 Å². The van der Waals surface area contributed by atoms with E-state index in [0.29, 0.717) is 18.3 Å². The van der Waals surface area contributed by atoms with E-state index in [1.165, 1.54) is 0 Å². The maximum Gasteiger partial charge on any atom is 0.292 e. The number of aromatic nitrogens is 3. The minimum absolute atomic E-state index is 0.00541. The number of halogens is 1. The molecular weight excluding hydrogens is 425 g/mol. The number of anilines is 1. The molecule has 8 nitrogen and oxygen atoms in total. The maximum absolute atomic E-state index is 13.1. The van der Waals surface area contributed by atoms with Crippen molar-refractivity contribution in [2.45, 2.75) is 52.2 Å². The minimum Gasteiger partial charge on any atom is -0.345 e. The Morgan fingerprint density at radius 1 is 1.18 bits per heavy atom. The summed E-state index contributed by atoms with van der Waals surface area (Å²) in [6.45, 7) is 8.06. The van der Waals surface area contributed by atoms with Crippen LogP contribution >= 0.6 is 0 Å². The molecule has 2 heterocycles. The molecule has 2 atom stereocenters. The van der Waals surface area contributed by atoms with Crippen molar-refractivity contribution in [1.29, 1.82) is 0 Å². The first-order chi connectivity index (χ1) is 15.6. The summed E-state index contributed by atoms with van der Waals surface area (Å²) >= 11 is 0. The fraction of sp³-hybridized carbons (Fsp3) is 0.375. The van der Waals surface area contributed by atoms with E-state index in [2.05, 4.69) is 25.8 Å². The number of pyridine rings is 1. The second-order valence-corrected chi connectivity index (χ2v) is 9.27. The average Bonchev–Trinajstić information content (AvgIpc) is 3.28. The van der Waals surface area contributed by atoms with E-state index >= 15 is 0 Å². The molecule has 1 saturated carbocycles. The van der Waals surface area contributed by atoms with Gasteiger partial charge in [-0.05, 0) is 47.7 Å². The summed E-state index contributed by atoms with van der Waals surface area (Å²) in [5.41, 5.74) is 3.39. The summed E-state index contributed by atoms with van der Waals surface area (Å²) < 4.78 is 18.3. The third-order valence-electron chi connectivity index (χ3n) is 5.45. The first-order valence-corrected chi connectivity index (χ1v) is 10.7. The van der Waals surface area contributed by atoms with Gasteiger partial charge in [-0.25, -0.2) is 9.37 Å². The molecule has 2 aromatic heterocycles. The number of carbonyl (C=O) groups excluding carboxylic acids is 2. The molecule has 1 aliphatic rings. The molecule has 9 heteroatoms. The number of nitrogens with one attached hydrogen (secondary N) is 2. The van der Waals surface area contributed by atoms with Gasteiger partial charge in [0.25, 0.3) is 11.7 Å². The molecule has 172 valence electrons. The van der Waals surface area contributed by atoms with Crippen molar-refractivity contribution >= 4 is 17.6 Å². The molecule has 0 unspecified atom stereocenters. The Labute approximate surface area is 191 Å². The van der Waals surface area contributed by atoms with Crippen LogP contribution in [0.15, 0.2) is 41.1 Å². The third-order valence-corrected chi connectivity index (χ3v) is 5.45. The van der Waals surface area contributed by atoms with E-state index in [1.54, 1.807) is 12.3 Å². The van der Waals surface area contributed by atoms with E-state index in [9.17, 15) is 14.0 Å². The number of carbonyl (C=O) groups is 2. The lowest BCUT2D eigenvalue weighted by Gasteiger charge is -2.11. The van der Waals surface area contributed by atoms with Crippen LogP contribution in [0, 0.1) is 12.8 Å². The Hall–Kier alpha value is -3.62. The molecule has 1 fully saturated rings. The fourth-order valence-corrected chi connectivity index (χ4v) is 3.28. The van der Waals surface area contributed by atoms with Gasteiger partial charge >= 0.3 is 0 Å². The zero-order valence-corrected chi connectivity index (χ0v) is 19.0. The number of alkyl halides is 1. The standard InChI is InChI=1S/C24H26FN5O3/c1-13-9-14(15-7-8-26-19(10-15)28-21(31)17-11-18(17)25)5-6-16(13)12-27-22(32)20-29-23(33-30-20)24(2,3)4/h5-10,17-18H,11-12H2,1-4H3,(H,27,32)(H,26,28,31)/t17-,18+/m0/s1. The van der Waals surface area contributed by atoms with E-state index in [-0.39, 0.29) is 23.6 Å². The van der Waals surface area contributed by atoms with Crippen LogP contribution in [-0.4, -0.2) is 33.1 Å². The molecule has 3 aromatic rings. The molecule has 2 amide bonds. The van der Waals surface area contributed by atoms with Crippen LogP contribution in [0.3, 0.4) is 0 Å². The molecule has 4 rings (SSSR count). The fourth-order valence-electron chi connectivity index (χ4n) is 3.28. The van der Waals surface area contributed by atoms with Gasteiger partial charge in [0.15, 0.2) is 0 Å². The lowest BCUT2D eigenvalue weighted by atomic mass is 9.97. The molecular formula is C24H26FN5O3. The van der Waals surface area contributed by atoms with Gasteiger partial charge in [0.05, 0.1) is 5.92 Å². The van der Waals surface area contributed by atoms with Gasteiger partial charge < -0.3 is 15.2 Å². The predicted molar refractivity (Wildman–Crippen MR) is 120 cm³/mol. The zero-order chi connectivity index (χ0) is 23.8. The highest BCUT2D eigenvalue weighted by atomic mass is 19.1. The van der Waals surface area contributed by atoms with Crippen LogP contribution in [-0.2, 0) is 16.8 Å². The highest BCUT2D eigenvalue weighted by Gasteiger charge is 2.43. The smallest absolute Gasteiger partial charge is 0.292 e. The SMILES string of the molecule is Cc1cc(-c2ccnc(NC(=O)[C@H]3C[C@H]3F)c2)ccc1CNC(=O)c1noc(C(C)(C)C)n1. The summed E-state index contributed by atoms with van der Waals surface area (Å²) in [4.78, 5) is 32.7. The van der Waals surface area contributed by atoms with Gasteiger partial charge in [-0.1, -0.05) is 44.1 Å².